The highest BCUT2D eigenvalue weighted by molar-refractivity contribution is 7.16. The van der Waals surface area contributed by atoms with Crippen LogP contribution < -0.4 is 10.6 Å². The summed E-state index contributed by atoms with van der Waals surface area (Å²) in [4.78, 5) is 4.25. The maximum absolute atomic E-state index is 5.55. The zero-order valence-electron chi connectivity index (χ0n) is 12.0. The Kier molecular flexibility index (Phi) is 4.12. The molecule has 0 unspecified atom stereocenters. The predicted molar refractivity (Wildman–Crippen MR) is 83.7 cm³/mol. The van der Waals surface area contributed by atoms with Crippen LogP contribution in [-0.2, 0) is 6.54 Å². The number of benzene rings is 1. The lowest BCUT2D eigenvalue weighted by Crippen LogP contribution is -2.19. The predicted octanol–water partition coefficient (Wildman–Crippen LogP) is 3.17. The Balaban J connectivity index is 1.63. The minimum atomic E-state index is 0.403. The minimum Gasteiger partial charge on any atom is -0.406 e. The summed E-state index contributed by atoms with van der Waals surface area (Å²) >= 11 is 1.60. The molecule has 0 amide bonds. The monoisotopic (exact) mass is 303 g/mol. The average Bonchev–Trinajstić information content (AvgIpc) is 3.07. The molecule has 0 fully saturated rings. The van der Waals surface area contributed by atoms with Gasteiger partial charge < -0.3 is 15.1 Å². The maximum atomic E-state index is 5.55. The van der Waals surface area contributed by atoms with Crippen molar-refractivity contribution < 1.29 is 4.42 Å². The van der Waals surface area contributed by atoms with Gasteiger partial charge in [-0.2, -0.15) is 0 Å². The molecule has 0 aliphatic heterocycles. The molecule has 1 aromatic carbocycles. The first-order valence-corrected chi connectivity index (χ1v) is 7.72. The summed E-state index contributed by atoms with van der Waals surface area (Å²) in [5, 5.41) is 14.4. The summed E-state index contributed by atoms with van der Waals surface area (Å²) in [6, 6.07) is 6.34. The maximum Gasteiger partial charge on any atom is 0.320 e. The molecule has 0 atom stereocenters. The molecule has 21 heavy (non-hydrogen) atoms. The zero-order valence-corrected chi connectivity index (χ0v) is 12.8. The first kappa shape index (κ1) is 14.0. The molecule has 0 aliphatic rings. The number of nitrogens with one attached hydrogen (secondary N) is 2. The van der Waals surface area contributed by atoms with Crippen LogP contribution in [0.5, 0.6) is 0 Å². The Morgan fingerprint density at radius 1 is 1.29 bits per heavy atom. The van der Waals surface area contributed by atoms with E-state index < -0.39 is 0 Å². The van der Waals surface area contributed by atoms with Crippen molar-refractivity contribution in [2.24, 2.45) is 5.92 Å². The number of rotatable bonds is 6. The molecule has 0 saturated carbocycles. The van der Waals surface area contributed by atoms with E-state index in [1.807, 2.05) is 23.7 Å². The fourth-order valence-corrected chi connectivity index (χ4v) is 2.62. The second-order valence-corrected chi connectivity index (χ2v) is 6.07. The van der Waals surface area contributed by atoms with Gasteiger partial charge in [-0.15, -0.1) is 16.4 Å². The van der Waals surface area contributed by atoms with Gasteiger partial charge in [-0.1, -0.05) is 18.9 Å². The molecule has 0 spiro atoms. The van der Waals surface area contributed by atoms with Crippen LogP contribution in [0.4, 0.5) is 11.7 Å². The second kappa shape index (κ2) is 6.19. The fourth-order valence-electron chi connectivity index (χ4n) is 1.90. The Labute approximate surface area is 126 Å². The van der Waals surface area contributed by atoms with E-state index in [-0.39, 0.29) is 0 Å². The van der Waals surface area contributed by atoms with E-state index in [0.717, 1.165) is 22.4 Å². The molecule has 2 aromatic heterocycles. The summed E-state index contributed by atoms with van der Waals surface area (Å²) in [5.41, 5.74) is 3.74. The number of hydrogen-bond acceptors (Lipinski definition) is 7. The van der Waals surface area contributed by atoms with Crippen LogP contribution in [0.25, 0.3) is 10.2 Å². The molecule has 0 saturated heterocycles. The lowest BCUT2D eigenvalue weighted by atomic mass is 10.2. The lowest BCUT2D eigenvalue weighted by Gasteiger charge is -2.04. The molecule has 6 nitrogen and oxygen atoms in total. The topological polar surface area (TPSA) is 75.9 Å². The van der Waals surface area contributed by atoms with Crippen LogP contribution in [0.2, 0.25) is 0 Å². The van der Waals surface area contributed by atoms with Crippen molar-refractivity contribution >= 4 is 33.3 Å². The largest absolute Gasteiger partial charge is 0.406 e. The highest BCUT2D eigenvalue weighted by atomic mass is 32.1. The molecular formula is C14H17N5OS. The van der Waals surface area contributed by atoms with Gasteiger partial charge in [0.25, 0.3) is 0 Å². The van der Waals surface area contributed by atoms with E-state index >= 15 is 0 Å². The molecule has 0 radical (unpaired) electrons. The Bertz CT molecular complexity index is 721. The van der Waals surface area contributed by atoms with Gasteiger partial charge in [0.1, 0.15) is 0 Å². The zero-order chi connectivity index (χ0) is 14.7. The smallest absolute Gasteiger partial charge is 0.320 e. The normalized spacial score (nSPS) is 11.4. The van der Waals surface area contributed by atoms with Gasteiger partial charge in [-0.25, -0.2) is 4.98 Å². The highest BCUT2D eigenvalue weighted by Gasteiger charge is 2.07. The number of thiazole rings is 1. The van der Waals surface area contributed by atoms with Crippen molar-refractivity contribution in [2.75, 3.05) is 11.9 Å². The minimum absolute atomic E-state index is 0.403. The van der Waals surface area contributed by atoms with Gasteiger partial charge in [0.15, 0.2) is 0 Å². The average molecular weight is 303 g/mol. The van der Waals surface area contributed by atoms with Crippen molar-refractivity contribution in [1.82, 2.24) is 20.5 Å². The Morgan fingerprint density at radius 3 is 3.05 bits per heavy atom. The lowest BCUT2D eigenvalue weighted by molar-refractivity contribution is 0.460. The third-order valence-electron chi connectivity index (χ3n) is 2.88. The van der Waals surface area contributed by atoms with Crippen molar-refractivity contribution in [3.63, 3.8) is 0 Å². The molecule has 0 bridgehead atoms. The number of anilines is 2. The van der Waals surface area contributed by atoms with Crippen molar-refractivity contribution in [1.29, 1.82) is 0 Å². The van der Waals surface area contributed by atoms with Crippen LogP contribution in [0.15, 0.2) is 28.1 Å². The second-order valence-electron chi connectivity index (χ2n) is 5.19. The van der Waals surface area contributed by atoms with Crippen molar-refractivity contribution in [3.8, 4) is 0 Å². The quantitative estimate of drug-likeness (QED) is 0.728. The van der Waals surface area contributed by atoms with Gasteiger partial charge in [0, 0.05) is 5.69 Å². The van der Waals surface area contributed by atoms with E-state index in [1.54, 1.807) is 11.3 Å². The molecule has 7 heteroatoms. The van der Waals surface area contributed by atoms with E-state index in [2.05, 4.69) is 39.7 Å². The summed E-state index contributed by atoms with van der Waals surface area (Å²) in [6.45, 7) is 5.82. The van der Waals surface area contributed by atoms with Crippen LogP contribution >= 0.6 is 11.3 Å². The SMILES string of the molecule is CC(C)CNCc1nnc(Nc2ccc3ncsc3c2)o1. The first-order valence-electron chi connectivity index (χ1n) is 6.84. The van der Waals surface area contributed by atoms with Crippen molar-refractivity contribution in [2.45, 2.75) is 20.4 Å². The van der Waals surface area contributed by atoms with E-state index in [4.69, 9.17) is 4.42 Å². The number of fused-ring (bicyclic) bond motifs is 1. The van der Waals surface area contributed by atoms with Gasteiger partial charge in [0.05, 0.1) is 22.3 Å². The Hall–Kier alpha value is -1.99. The molecule has 2 heterocycles. The highest BCUT2D eigenvalue weighted by Crippen LogP contribution is 2.23. The van der Waals surface area contributed by atoms with E-state index in [9.17, 15) is 0 Å². The van der Waals surface area contributed by atoms with Crippen LogP contribution in [0, 0.1) is 5.92 Å². The molecule has 3 aromatic rings. The molecule has 2 N–H and O–H groups in total. The number of nitrogens with zero attached hydrogens (tertiary/aromatic N) is 3. The van der Waals surface area contributed by atoms with Crippen LogP contribution in [0.3, 0.4) is 0 Å². The Morgan fingerprint density at radius 2 is 2.19 bits per heavy atom. The van der Waals surface area contributed by atoms with Gasteiger partial charge >= 0.3 is 6.01 Å². The van der Waals surface area contributed by atoms with E-state index in [0.29, 0.717) is 24.4 Å². The number of hydrogen-bond donors (Lipinski definition) is 2. The third-order valence-corrected chi connectivity index (χ3v) is 3.67. The summed E-state index contributed by atoms with van der Waals surface area (Å²) in [7, 11) is 0. The standard InChI is InChI=1S/C14H17N5OS/c1-9(2)6-15-7-13-18-19-14(20-13)17-10-3-4-11-12(5-10)21-8-16-11/h3-5,8-9,15H,6-7H2,1-2H3,(H,17,19). The number of aromatic nitrogens is 3. The molecule has 110 valence electrons. The van der Waals surface area contributed by atoms with E-state index in [1.165, 1.54) is 0 Å². The summed E-state index contributed by atoms with van der Waals surface area (Å²) in [5.74, 6) is 1.17. The van der Waals surface area contributed by atoms with Crippen LogP contribution in [0.1, 0.15) is 19.7 Å². The van der Waals surface area contributed by atoms with Gasteiger partial charge in [-0.3, -0.25) is 0 Å². The molecule has 0 aliphatic carbocycles. The first-order chi connectivity index (χ1) is 10.2. The van der Waals surface area contributed by atoms with Crippen molar-refractivity contribution in [3.05, 3.63) is 29.6 Å². The summed E-state index contributed by atoms with van der Waals surface area (Å²) < 4.78 is 6.68. The fraction of sp³-hybridized carbons (Fsp3) is 0.357. The third kappa shape index (κ3) is 3.56. The van der Waals surface area contributed by atoms with Crippen LogP contribution in [-0.4, -0.2) is 21.7 Å². The molecule has 3 rings (SSSR count). The summed E-state index contributed by atoms with van der Waals surface area (Å²) in [6.07, 6.45) is 0. The van der Waals surface area contributed by atoms with Gasteiger partial charge in [0.2, 0.25) is 5.89 Å². The van der Waals surface area contributed by atoms with Gasteiger partial charge in [-0.05, 0) is 30.7 Å². The molecular weight excluding hydrogens is 286 g/mol.